The van der Waals surface area contributed by atoms with Crippen molar-refractivity contribution in [3.8, 4) is 0 Å². The Morgan fingerprint density at radius 2 is 2.05 bits per heavy atom. The lowest BCUT2D eigenvalue weighted by Crippen LogP contribution is -2.15. The second-order valence-electron chi connectivity index (χ2n) is 3.78. The second-order valence-corrected chi connectivity index (χ2v) is 5.38. The highest BCUT2D eigenvalue weighted by molar-refractivity contribution is 14.1. The Hall–Kier alpha value is -1.34. The maximum atomic E-state index is 13.6. The van der Waals surface area contributed by atoms with Crippen molar-refractivity contribution in [2.24, 2.45) is 0 Å². The third-order valence-electron chi connectivity index (χ3n) is 2.46. The van der Waals surface area contributed by atoms with Crippen molar-refractivity contribution in [3.63, 3.8) is 0 Å². The van der Waals surface area contributed by atoms with E-state index in [2.05, 4.69) is 5.32 Å². The number of carbonyl (C=O) groups excluding carboxylic acids is 1. The molecule has 0 heterocycles. The minimum atomic E-state index is -0.578. The van der Waals surface area contributed by atoms with Gasteiger partial charge in [0.05, 0.1) is 11.3 Å². The standard InChI is InChI=1S/C13H9ClFIN2O/c14-7-4-5-10(16)8(6-7)13(19)18-12-9(15)2-1-3-11(12)17/h1-6H,17H2,(H,18,19). The first-order valence-electron chi connectivity index (χ1n) is 5.29. The molecule has 0 aromatic heterocycles. The predicted octanol–water partition coefficient (Wildman–Crippen LogP) is 3.92. The first kappa shape index (κ1) is 14.1. The Labute approximate surface area is 128 Å². The molecule has 0 atom stereocenters. The Kier molecular flexibility index (Phi) is 4.26. The van der Waals surface area contributed by atoms with Crippen molar-refractivity contribution in [2.45, 2.75) is 0 Å². The minimum Gasteiger partial charge on any atom is -0.397 e. The van der Waals surface area contributed by atoms with E-state index in [0.717, 1.165) is 3.57 Å². The predicted molar refractivity (Wildman–Crippen MR) is 82.9 cm³/mol. The summed E-state index contributed by atoms with van der Waals surface area (Å²) in [6.07, 6.45) is 0. The van der Waals surface area contributed by atoms with E-state index in [1.54, 1.807) is 12.1 Å². The molecule has 98 valence electrons. The lowest BCUT2D eigenvalue weighted by molar-refractivity contribution is 0.102. The van der Waals surface area contributed by atoms with Crippen molar-refractivity contribution >= 4 is 51.5 Å². The van der Waals surface area contributed by atoms with Gasteiger partial charge in [0, 0.05) is 8.59 Å². The summed E-state index contributed by atoms with van der Waals surface area (Å²) in [5.41, 5.74) is 6.15. The van der Waals surface area contributed by atoms with Crippen LogP contribution < -0.4 is 11.1 Å². The third-order valence-corrected chi connectivity index (χ3v) is 3.63. The number of nitrogens with two attached hydrogens (primary N) is 1. The molecule has 6 heteroatoms. The fourth-order valence-electron chi connectivity index (χ4n) is 1.53. The molecule has 3 N–H and O–H groups in total. The summed E-state index contributed by atoms with van der Waals surface area (Å²) in [7, 11) is 0. The monoisotopic (exact) mass is 390 g/mol. The largest absolute Gasteiger partial charge is 0.397 e. The maximum Gasteiger partial charge on any atom is 0.256 e. The number of nitrogens with one attached hydrogen (secondary N) is 1. The highest BCUT2D eigenvalue weighted by Gasteiger charge is 2.14. The van der Waals surface area contributed by atoms with Gasteiger partial charge in [-0.1, -0.05) is 17.7 Å². The second kappa shape index (κ2) is 5.75. The Morgan fingerprint density at radius 1 is 1.32 bits per heavy atom. The quantitative estimate of drug-likeness (QED) is 0.603. The van der Waals surface area contributed by atoms with Gasteiger partial charge >= 0.3 is 0 Å². The number of halogens is 3. The molecule has 2 rings (SSSR count). The van der Waals surface area contributed by atoms with Gasteiger partial charge in [0.2, 0.25) is 0 Å². The molecule has 2 aromatic rings. The summed E-state index contributed by atoms with van der Waals surface area (Å²) in [6, 6.07) is 9.13. The third kappa shape index (κ3) is 3.16. The number of hydrogen-bond donors (Lipinski definition) is 2. The van der Waals surface area contributed by atoms with E-state index < -0.39 is 11.7 Å². The minimum absolute atomic E-state index is 0.0247. The van der Waals surface area contributed by atoms with Crippen LogP contribution >= 0.6 is 34.2 Å². The van der Waals surface area contributed by atoms with Gasteiger partial charge in [-0.2, -0.15) is 0 Å². The molecule has 3 nitrogen and oxygen atoms in total. The molecular formula is C13H9ClFIN2O. The number of amides is 1. The molecule has 1 amide bonds. The molecule has 0 saturated carbocycles. The molecule has 0 bridgehead atoms. The first-order valence-corrected chi connectivity index (χ1v) is 6.75. The molecule has 0 aliphatic carbocycles. The van der Waals surface area contributed by atoms with E-state index in [4.69, 9.17) is 17.3 Å². The molecule has 0 fully saturated rings. The van der Waals surface area contributed by atoms with E-state index >= 15 is 0 Å². The number of hydrogen-bond acceptors (Lipinski definition) is 2. The fourth-order valence-corrected chi connectivity index (χ4v) is 2.28. The molecular weight excluding hydrogens is 382 g/mol. The molecule has 19 heavy (non-hydrogen) atoms. The number of carbonyl (C=O) groups is 1. The van der Waals surface area contributed by atoms with Gasteiger partial charge in [-0.3, -0.25) is 4.79 Å². The number of para-hydroxylation sites is 1. The summed E-state index contributed by atoms with van der Waals surface area (Å²) in [5, 5.41) is 2.90. The Balaban J connectivity index is 2.34. The summed E-state index contributed by atoms with van der Waals surface area (Å²) in [5.74, 6) is -1.03. The average Bonchev–Trinajstić information content (AvgIpc) is 2.37. The van der Waals surface area contributed by atoms with Crippen LogP contribution in [0.15, 0.2) is 36.4 Å². The highest BCUT2D eigenvalue weighted by atomic mass is 127. The molecule has 2 aromatic carbocycles. The van der Waals surface area contributed by atoms with Crippen LogP contribution in [0.1, 0.15) is 10.4 Å². The SMILES string of the molecule is Nc1cccc(F)c1NC(=O)c1cc(Cl)ccc1I. The van der Waals surface area contributed by atoms with E-state index in [9.17, 15) is 9.18 Å². The van der Waals surface area contributed by atoms with Crippen molar-refractivity contribution in [3.05, 3.63) is 56.4 Å². The van der Waals surface area contributed by atoms with Crippen LogP contribution in [0.3, 0.4) is 0 Å². The van der Waals surface area contributed by atoms with Crippen molar-refractivity contribution in [2.75, 3.05) is 11.1 Å². The van der Waals surface area contributed by atoms with E-state index in [1.807, 2.05) is 22.6 Å². The summed E-state index contributed by atoms with van der Waals surface area (Å²) in [6.45, 7) is 0. The van der Waals surface area contributed by atoms with Crippen molar-refractivity contribution < 1.29 is 9.18 Å². The zero-order chi connectivity index (χ0) is 14.0. The van der Waals surface area contributed by atoms with E-state index in [-0.39, 0.29) is 11.4 Å². The van der Waals surface area contributed by atoms with Crippen LogP contribution in [0.4, 0.5) is 15.8 Å². The lowest BCUT2D eigenvalue weighted by atomic mass is 10.2. The number of benzene rings is 2. The van der Waals surface area contributed by atoms with Gasteiger partial charge in [0.15, 0.2) is 0 Å². The zero-order valence-electron chi connectivity index (χ0n) is 9.58. The van der Waals surface area contributed by atoms with Crippen LogP contribution in [-0.4, -0.2) is 5.91 Å². The fraction of sp³-hybridized carbons (Fsp3) is 0. The van der Waals surface area contributed by atoms with E-state index in [0.29, 0.717) is 10.6 Å². The van der Waals surface area contributed by atoms with Crippen LogP contribution in [-0.2, 0) is 0 Å². The zero-order valence-corrected chi connectivity index (χ0v) is 12.5. The molecule has 0 radical (unpaired) electrons. The number of nitrogen functional groups attached to an aromatic ring is 1. The van der Waals surface area contributed by atoms with Crippen molar-refractivity contribution in [1.29, 1.82) is 0 Å². The Bertz CT molecular complexity index is 628. The number of anilines is 2. The summed E-state index contributed by atoms with van der Waals surface area (Å²) in [4.78, 5) is 12.1. The highest BCUT2D eigenvalue weighted by Crippen LogP contribution is 2.24. The normalized spacial score (nSPS) is 10.3. The van der Waals surface area contributed by atoms with Crippen LogP contribution in [0.2, 0.25) is 5.02 Å². The lowest BCUT2D eigenvalue weighted by Gasteiger charge is -2.10. The van der Waals surface area contributed by atoms with E-state index in [1.165, 1.54) is 24.3 Å². The van der Waals surface area contributed by atoms with Gasteiger partial charge in [-0.25, -0.2) is 4.39 Å². The molecule has 0 aliphatic rings. The Morgan fingerprint density at radius 3 is 2.74 bits per heavy atom. The van der Waals surface area contributed by atoms with Gasteiger partial charge in [-0.05, 0) is 52.9 Å². The van der Waals surface area contributed by atoms with Crippen molar-refractivity contribution in [1.82, 2.24) is 0 Å². The molecule has 0 spiro atoms. The first-order chi connectivity index (χ1) is 8.99. The maximum absolute atomic E-state index is 13.6. The summed E-state index contributed by atoms with van der Waals surface area (Å²) < 4.78 is 14.3. The van der Waals surface area contributed by atoms with Gasteiger partial charge in [0.1, 0.15) is 11.5 Å². The van der Waals surface area contributed by atoms with Gasteiger partial charge in [0.25, 0.3) is 5.91 Å². The van der Waals surface area contributed by atoms with Gasteiger partial charge in [-0.15, -0.1) is 0 Å². The molecule has 0 saturated heterocycles. The number of rotatable bonds is 2. The molecule has 0 aliphatic heterocycles. The van der Waals surface area contributed by atoms with Crippen LogP contribution in [0.5, 0.6) is 0 Å². The molecule has 0 unspecified atom stereocenters. The van der Waals surface area contributed by atoms with Crippen LogP contribution in [0.25, 0.3) is 0 Å². The average molecular weight is 391 g/mol. The summed E-state index contributed by atoms with van der Waals surface area (Å²) >= 11 is 7.85. The smallest absolute Gasteiger partial charge is 0.256 e. The van der Waals surface area contributed by atoms with Crippen LogP contribution in [0, 0.1) is 9.39 Å². The topological polar surface area (TPSA) is 55.1 Å². The van der Waals surface area contributed by atoms with Gasteiger partial charge < -0.3 is 11.1 Å².